The van der Waals surface area contributed by atoms with Gasteiger partial charge in [0.1, 0.15) is 6.54 Å². The fourth-order valence-corrected chi connectivity index (χ4v) is 0.662. The Morgan fingerprint density at radius 3 is 2.07 bits per heavy atom. The van der Waals surface area contributed by atoms with E-state index in [0.717, 1.165) is 0 Å². The number of rotatable bonds is 4. The van der Waals surface area contributed by atoms with E-state index in [0.29, 0.717) is 4.48 Å². The highest BCUT2D eigenvalue weighted by Gasteiger charge is 2.26. The van der Waals surface area contributed by atoms with Crippen LogP contribution in [0.4, 0.5) is 0 Å². The number of carbonyl (C=O) groups excluding carboxylic acids is 1. The molecule has 0 aromatic rings. The standard InChI is InChI=1S/C8H16N2O3.HI/c1-6(10(2,3)4)8(13)9-5-7(11)12;/h6H,5H2,1-4H3,(H-,9,11,12,13);1H. The van der Waals surface area contributed by atoms with Gasteiger partial charge in [-0.2, -0.15) is 0 Å². The minimum atomic E-state index is -1.03. The van der Waals surface area contributed by atoms with Gasteiger partial charge in [0.2, 0.25) is 0 Å². The summed E-state index contributed by atoms with van der Waals surface area (Å²) < 4.78 is 0.478. The summed E-state index contributed by atoms with van der Waals surface area (Å²) >= 11 is 0. The van der Waals surface area contributed by atoms with Gasteiger partial charge in [0, 0.05) is 0 Å². The third kappa shape index (κ3) is 6.14. The Hall–Kier alpha value is -0.370. The predicted molar refractivity (Wildman–Crippen MR) is 48.1 cm³/mol. The molecule has 5 nitrogen and oxygen atoms in total. The summed E-state index contributed by atoms with van der Waals surface area (Å²) in [5.74, 6) is -1.27. The van der Waals surface area contributed by atoms with Crippen LogP contribution in [0.15, 0.2) is 0 Å². The van der Waals surface area contributed by atoms with Gasteiger partial charge in [-0.15, -0.1) is 0 Å². The van der Waals surface area contributed by atoms with Crippen molar-refractivity contribution in [1.82, 2.24) is 5.32 Å². The zero-order valence-corrected chi connectivity index (χ0v) is 11.0. The van der Waals surface area contributed by atoms with Crippen LogP contribution >= 0.6 is 0 Å². The number of nitrogens with one attached hydrogen (secondary N) is 1. The molecule has 0 spiro atoms. The van der Waals surface area contributed by atoms with Crippen LogP contribution in [0, 0.1) is 0 Å². The second-order valence-corrected chi connectivity index (χ2v) is 3.90. The second-order valence-electron chi connectivity index (χ2n) is 3.90. The molecule has 0 aromatic carbocycles. The van der Waals surface area contributed by atoms with Gasteiger partial charge in [0.25, 0.3) is 5.91 Å². The Balaban J connectivity index is 0. The number of nitrogens with zero attached hydrogens (tertiary/aromatic N) is 1. The maximum absolute atomic E-state index is 11.3. The number of carboxylic acids is 1. The Kier molecular flexibility index (Phi) is 7.09. The molecule has 0 bridgehead atoms. The maximum Gasteiger partial charge on any atom is 0.322 e. The normalized spacial score (nSPS) is 12.6. The van der Waals surface area contributed by atoms with E-state index >= 15 is 0 Å². The Bertz CT molecular complexity index is 213. The van der Waals surface area contributed by atoms with Gasteiger partial charge in [-0.05, 0) is 6.92 Å². The fraction of sp³-hybridized carbons (Fsp3) is 0.750. The zero-order valence-electron chi connectivity index (χ0n) is 8.87. The van der Waals surface area contributed by atoms with Gasteiger partial charge < -0.3 is 38.9 Å². The third-order valence-electron chi connectivity index (χ3n) is 1.96. The van der Waals surface area contributed by atoms with Crippen LogP contribution in [0.25, 0.3) is 0 Å². The number of hydrogen-bond donors (Lipinski definition) is 2. The summed E-state index contributed by atoms with van der Waals surface area (Å²) in [5, 5.41) is 10.7. The first-order valence-electron chi connectivity index (χ1n) is 4.05. The van der Waals surface area contributed by atoms with Gasteiger partial charge in [-0.1, -0.05) is 0 Å². The summed E-state index contributed by atoms with van der Waals surface area (Å²) in [6.45, 7) is 1.44. The molecule has 0 saturated heterocycles. The predicted octanol–water partition coefficient (Wildman–Crippen LogP) is -3.71. The van der Waals surface area contributed by atoms with E-state index in [1.54, 1.807) is 6.92 Å². The fourth-order valence-electron chi connectivity index (χ4n) is 0.662. The molecule has 0 radical (unpaired) electrons. The number of carboxylic acid groups (broad SMARTS) is 1. The van der Waals surface area contributed by atoms with Crippen molar-refractivity contribution < 1.29 is 43.2 Å². The number of amides is 1. The molecule has 1 unspecified atom stereocenters. The van der Waals surface area contributed by atoms with Gasteiger partial charge >= 0.3 is 5.97 Å². The first kappa shape index (κ1) is 16.1. The lowest BCUT2D eigenvalue weighted by Gasteiger charge is -2.30. The van der Waals surface area contributed by atoms with Crippen molar-refractivity contribution in [1.29, 1.82) is 0 Å². The summed E-state index contributed by atoms with van der Waals surface area (Å²) in [5.41, 5.74) is 0. The van der Waals surface area contributed by atoms with E-state index < -0.39 is 5.97 Å². The molecule has 0 rings (SSSR count). The summed E-state index contributed by atoms with van der Waals surface area (Å²) in [7, 11) is 5.64. The topological polar surface area (TPSA) is 66.4 Å². The lowest BCUT2D eigenvalue weighted by atomic mass is 10.2. The largest absolute Gasteiger partial charge is 1.00 e. The Morgan fingerprint density at radius 1 is 1.36 bits per heavy atom. The quantitative estimate of drug-likeness (QED) is 0.414. The lowest BCUT2D eigenvalue weighted by molar-refractivity contribution is -0.884. The molecule has 1 atom stereocenters. The van der Waals surface area contributed by atoms with Crippen molar-refractivity contribution in [3.05, 3.63) is 0 Å². The maximum atomic E-state index is 11.3. The molecule has 0 heterocycles. The number of aliphatic carboxylic acids is 1. The van der Waals surface area contributed by atoms with Crippen molar-refractivity contribution in [2.75, 3.05) is 27.7 Å². The molecule has 0 aliphatic carbocycles. The molecule has 84 valence electrons. The highest BCUT2D eigenvalue weighted by molar-refractivity contribution is 5.84. The van der Waals surface area contributed by atoms with Crippen molar-refractivity contribution in [3.63, 3.8) is 0 Å². The summed E-state index contributed by atoms with van der Waals surface area (Å²) in [6, 6.07) is -0.251. The van der Waals surface area contributed by atoms with E-state index in [1.165, 1.54) is 0 Å². The highest BCUT2D eigenvalue weighted by atomic mass is 127. The molecule has 0 aliphatic rings. The minimum absolute atomic E-state index is 0. The van der Waals surface area contributed by atoms with E-state index in [2.05, 4.69) is 5.32 Å². The van der Waals surface area contributed by atoms with Crippen LogP contribution in [0.1, 0.15) is 6.92 Å². The number of halogens is 1. The average molecular weight is 316 g/mol. The van der Waals surface area contributed by atoms with E-state index in [9.17, 15) is 9.59 Å². The van der Waals surface area contributed by atoms with Crippen molar-refractivity contribution >= 4 is 11.9 Å². The van der Waals surface area contributed by atoms with E-state index in [1.807, 2.05) is 21.1 Å². The first-order valence-corrected chi connectivity index (χ1v) is 4.05. The van der Waals surface area contributed by atoms with Crippen LogP contribution in [-0.4, -0.2) is 55.2 Å². The monoisotopic (exact) mass is 316 g/mol. The van der Waals surface area contributed by atoms with Gasteiger partial charge in [-0.3, -0.25) is 9.59 Å². The SMILES string of the molecule is CC(C(=O)NCC(=O)O)[N+](C)(C)C.[I-]. The molecule has 0 aliphatic heterocycles. The highest BCUT2D eigenvalue weighted by Crippen LogP contribution is 2.00. The second kappa shape index (κ2) is 6.18. The molecule has 2 N–H and O–H groups in total. The van der Waals surface area contributed by atoms with Gasteiger partial charge in [0.15, 0.2) is 6.04 Å². The zero-order chi connectivity index (χ0) is 10.6. The molecule has 0 fully saturated rings. The molecule has 0 aromatic heterocycles. The van der Waals surface area contributed by atoms with E-state index in [4.69, 9.17) is 5.11 Å². The van der Waals surface area contributed by atoms with Crippen LogP contribution in [-0.2, 0) is 9.59 Å². The Labute approximate surface area is 101 Å². The van der Waals surface area contributed by atoms with Crippen LogP contribution < -0.4 is 29.3 Å². The van der Waals surface area contributed by atoms with Crippen molar-refractivity contribution in [3.8, 4) is 0 Å². The molecule has 0 saturated carbocycles. The number of quaternary nitrogens is 1. The van der Waals surface area contributed by atoms with Crippen LogP contribution in [0.5, 0.6) is 0 Å². The van der Waals surface area contributed by atoms with Crippen molar-refractivity contribution in [2.45, 2.75) is 13.0 Å². The lowest BCUT2D eigenvalue weighted by Crippen LogP contribution is -3.00. The Morgan fingerprint density at radius 2 is 1.79 bits per heavy atom. The average Bonchev–Trinajstić information content (AvgIpc) is 1.96. The molecular weight excluding hydrogens is 299 g/mol. The molecule has 1 amide bonds. The molecule has 6 heteroatoms. The van der Waals surface area contributed by atoms with Gasteiger partial charge in [-0.25, -0.2) is 0 Å². The first-order chi connectivity index (χ1) is 5.75. The van der Waals surface area contributed by atoms with Crippen molar-refractivity contribution in [2.24, 2.45) is 0 Å². The minimum Gasteiger partial charge on any atom is -1.00 e. The number of carbonyl (C=O) groups is 2. The van der Waals surface area contributed by atoms with Crippen LogP contribution in [0.2, 0.25) is 0 Å². The number of likely N-dealkylation sites (N-methyl/N-ethyl adjacent to an activating group) is 1. The molecular formula is C8H17IN2O3. The summed E-state index contributed by atoms with van der Waals surface area (Å²) in [4.78, 5) is 21.5. The van der Waals surface area contributed by atoms with E-state index in [-0.39, 0.29) is 42.5 Å². The van der Waals surface area contributed by atoms with Crippen LogP contribution in [0.3, 0.4) is 0 Å². The molecule has 14 heavy (non-hydrogen) atoms. The summed E-state index contributed by atoms with van der Waals surface area (Å²) in [6.07, 6.45) is 0. The number of hydrogen-bond acceptors (Lipinski definition) is 2. The smallest absolute Gasteiger partial charge is 0.322 e. The third-order valence-corrected chi connectivity index (χ3v) is 1.96. The van der Waals surface area contributed by atoms with Gasteiger partial charge in [0.05, 0.1) is 21.1 Å².